The Morgan fingerprint density at radius 2 is 1.78 bits per heavy atom. The van der Waals surface area contributed by atoms with E-state index in [0.717, 1.165) is 24.4 Å². The second-order valence-corrected chi connectivity index (χ2v) is 9.67. The highest BCUT2D eigenvalue weighted by molar-refractivity contribution is 7.91. The third kappa shape index (κ3) is 4.24. The molecule has 184 valence electrons. The van der Waals surface area contributed by atoms with Gasteiger partial charge in [0.1, 0.15) is 17.0 Å². The van der Waals surface area contributed by atoms with E-state index < -0.39 is 38.8 Å². The highest BCUT2D eigenvalue weighted by Gasteiger charge is 2.24. The van der Waals surface area contributed by atoms with Gasteiger partial charge in [0, 0.05) is 12.3 Å². The molecule has 0 saturated carbocycles. The predicted molar refractivity (Wildman–Crippen MR) is 122 cm³/mol. The van der Waals surface area contributed by atoms with Gasteiger partial charge >= 0.3 is 0 Å². The molecule has 0 unspecified atom stereocenters. The smallest absolute Gasteiger partial charge is 0.210 e. The summed E-state index contributed by atoms with van der Waals surface area (Å²) in [4.78, 5) is 11.1. The van der Waals surface area contributed by atoms with Crippen molar-refractivity contribution in [3.8, 4) is 34.5 Å². The van der Waals surface area contributed by atoms with Crippen molar-refractivity contribution >= 4 is 20.9 Å². The van der Waals surface area contributed by atoms with E-state index in [2.05, 4.69) is 25.1 Å². The maximum Gasteiger partial charge on any atom is 0.210 e. The normalized spacial score (nSPS) is 11.7. The molecule has 0 aliphatic rings. The van der Waals surface area contributed by atoms with Gasteiger partial charge in [0.15, 0.2) is 49.6 Å². The van der Waals surface area contributed by atoms with E-state index in [0.29, 0.717) is 5.69 Å². The molecule has 3 heterocycles. The third-order valence-corrected chi connectivity index (χ3v) is 6.78. The molecule has 0 saturated heterocycles. The van der Waals surface area contributed by atoms with Crippen molar-refractivity contribution in [2.75, 3.05) is 5.75 Å². The lowest BCUT2D eigenvalue weighted by atomic mass is 10.2. The van der Waals surface area contributed by atoms with Crippen LogP contribution in [0, 0.1) is 17.5 Å². The van der Waals surface area contributed by atoms with Gasteiger partial charge in [-0.05, 0) is 30.3 Å². The third-order valence-electron chi connectivity index (χ3n) is 5.14. The van der Waals surface area contributed by atoms with E-state index in [-0.39, 0.29) is 39.1 Å². The number of ether oxygens (including phenoxy) is 2. The monoisotopic (exact) mass is 515 g/mol. The first kappa shape index (κ1) is 23.4. The Labute approximate surface area is 201 Å². The highest BCUT2D eigenvalue weighted by Crippen LogP contribution is 2.40. The molecule has 3 aromatic heterocycles. The molecule has 5 aromatic rings. The number of benzene rings is 2. The number of fused-ring (bicyclic) bond motifs is 1. The first-order chi connectivity index (χ1) is 17.3. The summed E-state index contributed by atoms with van der Waals surface area (Å²) in [7, 11) is -3.55. The number of nitrogens with zero attached hydrogens (tertiary/aromatic N) is 3. The molecule has 36 heavy (non-hydrogen) atoms. The zero-order valence-electron chi connectivity index (χ0n) is 18.4. The van der Waals surface area contributed by atoms with Gasteiger partial charge in [-0.3, -0.25) is 5.10 Å². The van der Waals surface area contributed by atoms with Crippen LogP contribution in [0.3, 0.4) is 0 Å². The molecular weight excluding hydrogens is 499 g/mol. The van der Waals surface area contributed by atoms with Gasteiger partial charge in [0.2, 0.25) is 5.82 Å². The van der Waals surface area contributed by atoms with Gasteiger partial charge in [-0.15, -0.1) is 0 Å². The van der Waals surface area contributed by atoms with Crippen LogP contribution in [0.4, 0.5) is 13.2 Å². The van der Waals surface area contributed by atoms with Crippen molar-refractivity contribution in [3.63, 3.8) is 0 Å². The number of imidazole rings is 1. The Bertz CT molecular complexity index is 1650. The summed E-state index contributed by atoms with van der Waals surface area (Å²) in [5.41, 5.74) is 0.548. The van der Waals surface area contributed by atoms with Crippen LogP contribution in [0.15, 0.2) is 59.9 Å². The summed E-state index contributed by atoms with van der Waals surface area (Å²) in [5.74, 6) is -4.90. The first-order valence-corrected chi connectivity index (χ1v) is 12.1. The van der Waals surface area contributed by atoms with Gasteiger partial charge in [-0.1, -0.05) is 13.0 Å². The van der Waals surface area contributed by atoms with E-state index in [1.807, 2.05) is 0 Å². The van der Waals surface area contributed by atoms with Gasteiger partial charge < -0.3 is 14.5 Å². The van der Waals surface area contributed by atoms with Crippen molar-refractivity contribution in [2.24, 2.45) is 0 Å². The quantitative estimate of drug-likeness (QED) is 0.308. The van der Waals surface area contributed by atoms with Crippen molar-refractivity contribution in [2.45, 2.75) is 11.9 Å². The number of hydrogen-bond acceptors (Lipinski definition) is 7. The Morgan fingerprint density at radius 1 is 1.00 bits per heavy atom. The van der Waals surface area contributed by atoms with Crippen LogP contribution < -0.4 is 9.47 Å². The summed E-state index contributed by atoms with van der Waals surface area (Å²) in [6.45, 7) is 1.48. The van der Waals surface area contributed by atoms with E-state index in [4.69, 9.17) is 9.47 Å². The van der Waals surface area contributed by atoms with Crippen LogP contribution in [-0.2, 0) is 9.84 Å². The van der Waals surface area contributed by atoms with E-state index >= 15 is 4.39 Å². The molecule has 0 radical (unpaired) electrons. The molecule has 0 atom stereocenters. The molecule has 2 N–H and O–H groups in total. The van der Waals surface area contributed by atoms with Gasteiger partial charge in [0.25, 0.3) is 0 Å². The molecule has 9 nitrogen and oxygen atoms in total. The fourth-order valence-corrected chi connectivity index (χ4v) is 4.11. The molecular formula is C23H16F3N5O4S. The predicted octanol–water partition coefficient (Wildman–Crippen LogP) is 5.14. The Hall–Kier alpha value is -4.39. The standard InChI is InChI=1S/C23H16F3N5O4S/c1-2-36(32,33)18-7-6-12(11-27-18)34-17-10-16-20(30-23(29-16)15-8-9-28-31-15)22(19(17)26)35-21-13(24)4-3-5-14(21)25/h3-11H,2H2,1H3,(H,28,31)(H,29,30). The number of pyridine rings is 1. The minimum atomic E-state index is -3.55. The SMILES string of the molecule is CCS(=O)(=O)c1ccc(Oc2cc3[nH]c(-c4cc[nH]n4)nc3c(Oc3c(F)cccc3F)c2F)cn1. The zero-order chi connectivity index (χ0) is 25.4. The molecule has 0 aliphatic carbocycles. The topological polar surface area (TPSA) is 123 Å². The van der Waals surface area contributed by atoms with Crippen LogP contribution in [0.1, 0.15) is 6.92 Å². The summed E-state index contributed by atoms with van der Waals surface area (Å²) in [5, 5.41) is 6.47. The lowest BCUT2D eigenvalue weighted by Crippen LogP contribution is -2.05. The second kappa shape index (κ2) is 9.00. The number of nitrogens with one attached hydrogen (secondary N) is 2. The number of H-pyrrole nitrogens is 2. The van der Waals surface area contributed by atoms with E-state index in [1.165, 1.54) is 25.1 Å². The average molecular weight is 515 g/mol. The van der Waals surface area contributed by atoms with Crippen LogP contribution in [0.5, 0.6) is 23.0 Å². The Balaban J connectivity index is 1.61. The van der Waals surface area contributed by atoms with Gasteiger partial charge in [-0.2, -0.15) is 9.49 Å². The van der Waals surface area contributed by atoms with Crippen molar-refractivity contribution in [1.82, 2.24) is 25.1 Å². The number of rotatable bonds is 7. The largest absolute Gasteiger partial charge is 0.452 e. The van der Waals surface area contributed by atoms with Crippen molar-refractivity contribution < 1.29 is 31.1 Å². The second-order valence-electron chi connectivity index (χ2n) is 7.45. The van der Waals surface area contributed by atoms with Crippen LogP contribution in [-0.4, -0.2) is 39.3 Å². The van der Waals surface area contributed by atoms with E-state index in [9.17, 15) is 17.2 Å². The molecule has 2 aromatic carbocycles. The molecule has 0 aliphatic heterocycles. The fraction of sp³-hybridized carbons (Fsp3) is 0.0870. The van der Waals surface area contributed by atoms with Gasteiger partial charge in [0.05, 0.1) is 17.5 Å². The molecule has 0 fully saturated rings. The number of aromatic nitrogens is 5. The summed E-state index contributed by atoms with van der Waals surface area (Å²) < 4.78 is 79.1. The minimum Gasteiger partial charge on any atom is -0.452 e. The Morgan fingerprint density at radius 3 is 2.42 bits per heavy atom. The van der Waals surface area contributed by atoms with Crippen LogP contribution >= 0.6 is 0 Å². The summed E-state index contributed by atoms with van der Waals surface area (Å²) in [6, 6.07) is 8.48. The lowest BCUT2D eigenvalue weighted by molar-refractivity contribution is 0.375. The first-order valence-electron chi connectivity index (χ1n) is 10.5. The summed E-state index contributed by atoms with van der Waals surface area (Å²) in [6.07, 6.45) is 2.67. The molecule has 13 heteroatoms. The van der Waals surface area contributed by atoms with Crippen LogP contribution in [0.25, 0.3) is 22.6 Å². The van der Waals surface area contributed by atoms with Gasteiger partial charge in [-0.25, -0.2) is 27.2 Å². The van der Waals surface area contributed by atoms with Crippen molar-refractivity contribution in [3.05, 3.63) is 72.3 Å². The molecule has 0 bridgehead atoms. The number of para-hydroxylation sites is 1. The maximum atomic E-state index is 15.6. The molecule has 5 rings (SSSR count). The van der Waals surface area contributed by atoms with Crippen molar-refractivity contribution in [1.29, 1.82) is 0 Å². The average Bonchev–Trinajstić information content (AvgIpc) is 3.54. The number of aromatic amines is 2. The number of halogens is 3. The highest BCUT2D eigenvalue weighted by atomic mass is 32.2. The number of sulfone groups is 1. The fourth-order valence-electron chi connectivity index (χ4n) is 3.32. The summed E-state index contributed by atoms with van der Waals surface area (Å²) >= 11 is 0. The van der Waals surface area contributed by atoms with E-state index in [1.54, 1.807) is 12.3 Å². The lowest BCUT2D eigenvalue weighted by Gasteiger charge is -2.13. The number of hydrogen-bond donors (Lipinski definition) is 2. The Kier molecular flexibility index (Phi) is 5.84. The zero-order valence-corrected chi connectivity index (χ0v) is 19.2. The minimum absolute atomic E-state index is 0.0124. The molecule has 0 amide bonds. The molecule has 0 spiro atoms. The van der Waals surface area contributed by atoms with Crippen LogP contribution in [0.2, 0.25) is 0 Å². The maximum absolute atomic E-state index is 15.6.